The predicted octanol–water partition coefficient (Wildman–Crippen LogP) is 10.3. The van der Waals surface area contributed by atoms with Crippen molar-refractivity contribution in [3.63, 3.8) is 0 Å². The number of rotatable bonds is 35. The minimum atomic E-state index is -4.25. The number of unbranched alkanes of at least 4 members (excludes halogenated alkanes) is 22. The fraction of sp³-hybridized carbons (Fsp3) is 0.914. The van der Waals surface area contributed by atoms with Crippen LogP contribution in [0.2, 0.25) is 0 Å². The molecule has 0 aliphatic carbocycles. The molecule has 44 heavy (non-hydrogen) atoms. The minimum Gasteiger partial charge on any atom is -0.492 e. The number of phosphoric ester groups is 1. The van der Waals surface area contributed by atoms with Crippen LogP contribution in [-0.4, -0.2) is 43.3 Å². The fourth-order valence-corrected chi connectivity index (χ4v) is 5.80. The highest BCUT2D eigenvalue weighted by molar-refractivity contribution is 7.47. The molecule has 0 aliphatic heterocycles. The van der Waals surface area contributed by atoms with E-state index in [-0.39, 0.29) is 32.3 Å². The molecule has 0 aliphatic rings. The van der Waals surface area contributed by atoms with E-state index in [1.165, 1.54) is 122 Å². The number of carbonyl (C=O) groups is 1. The standard InChI is InChI=1S/C35H70NO7P/c1-3-5-7-9-11-13-15-16-17-19-21-23-25-27-30-40-34(33-43-44(38,39)42-31-29-36)32-41-35(37)28-26-24-22-20-18-14-12-10-8-6-4-2/h27,30,34H,3-26,28-29,31-33,36H2,1-2H3,(H,38,39)/t34-/m1/s1. The number of ether oxygens (including phenoxy) is 2. The highest BCUT2D eigenvalue weighted by Crippen LogP contribution is 2.43. The van der Waals surface area contributed by atoms with E-state index in [0.29, 0.717) is 6.42 Å². The number of esters is 1. The molecular formula is C35H70NO7P. The van der Waals surface area contributed by atoms with Crippen LogP contribution in [0.1, 0.15) is 174 Å². The molecule has 0 amide bonds. The second-order valence-corrected chi connectivity index (χ2v) is 13.6. The zero-order valence-corrected chi connectivity index (χ0v) is 29.6. The zero-order valence-electron chi connectivity index (χ0n) is 28.7. The summed E-state index contributed by atoms with van der Waals surface area (Å²) in [6.45, 7) is 4.21. The Morgan fingerprint density at radius 1 is 0.682 bits per heavy atom. The molecular weight excluding hydrogens is 577 g/mol. The van der Waals surface area contributed by atoms with Crippen LogP contribution in [0.15, 0.2) is 12.3 Å². The largest absolute Gasteiger partial charge is 0.492 e. The van der Waals surface area contributed by atoms with Gasteiger partial charge in [-0.2, -0.15) is 0 Å². The molecule has 262 valence electrons. The van der Waals surface area contributed by atoms with Crippen molar-refractivity contribution in [1.29, 1.82) is 0 Å². The third-order valence-corrected chi connectivity index (χ3v) is 8.79. The summed E-state index contributed by atoms with van der Waals surface area (Å²) in [6, 6.07) is 0. The van der Waals surface area contributed by atoms with Gasteiger partial charge in [-0.3, -0.25) is 13.8 Å². The van der Waals surface area contributed by atoms with E-state index in [0.717, 1.165) is 32.1 Å². The van der Waals surface area contributed by atoms with Gasteiger partial charge in [0.05, 0.1) is 19.5 Å². The molecule has 1 unspecified atom stereocenters. The highest BCUT2D eigenvalue weighted by Gasteiger charge is 2.24. The van der Waals surface area contributed by atoms with Crippen molar-refractivity contribution < 1.29 is 32.8 Å². The van der Waals surface area contributed by atoms with E-state index < -0.39 is 13.9 Å². The maximum absolute atomic E-state index is 12.3. The predicted molar refractivity (Wildman–Crippen MR) is 183 cm³/mol. The molecule has 8 nitrogen and oxygen atoms in total. The normalized spacial score (nSPS) is 13.7. The van der Waals surface area contributed by atoms with Gasteiger partial charge in [0.25, 0.3) is 0 Å². The van der Waals surface area contributed by atoms with Crippen LogP contribution >= 0.6 is 7.82 Å². The van der Waals surface area contributed by atoms with Crippen molar-refractivity contribution >= 4 is 13.8 Å². The van der Waals surface area contributed by atoms with Crippen LogP contribution in [0.4, 0.5) is 0 Å². The lowest BCUT2D eigenvalue weighted by Gasteiger charge is -2.19. The maximum atomic E-state index is 12.3. The first kappa shape index (κ1) is 43.1. The number of carbonyl (C=O) groups excluding carboxylic acids is 1. The lowest BCUT2D eigenvalue weighted by atomic mass is 10.0. The quantitative estimate of drug-likeness (QED) is 0.0302. The summed E-state index contributed by atoms with van der Waals surface area (Å²) in [6.07, 6.45) is 33.2. The molecule has 0 saturated carbocycles. The molecule has 0 aromatic rings. The Labute approximate surface area is 271 Å². The zero-order chi connectivity index (χ0) is 32.4. The molecule has 9 heteroatoms. The minimum absolute atomic E-state index is 0.0588. The topological polar surface area (TPSA) is 117 Å². The van der Waals surface area contributed by atoms with Crippen LogP contribution in [0.3, 0.4) is 0 Å². The number of phosphoric acid groups is 1. The van der Waals surface area contributed by atoms with E-state index >= 15 is 0 Å². The van der Waals surface area contributed by atoms with Crippen molar-refractivity contribution in [3.05, 3.63) is 12.3 Å². The van der Waals surface area contributed by atoms with Crippen molar-refractivity contribution in [2.75, 3.05) is 26.4 Å². The average molecular weight is 648 g/mol. The molecule has 0 spiro atoms. The molecule has 0 saturated heterocycles. The average Bonchev–Trinajstić information content (AvgIpc) is 3.01. The van der Waals surface area contributed by atoms with Crippen LogP contribution in [0, 0.1) is 0 Å². The molecule has 0 fully saturated rings. The molecule has 0 rings (SSSR count). The molecule has 0 radical (unpaired) electrons. The molecule has 0 aromatic carbocycles. The van der Waals surface area contributed by atoms with Crippen LogP contribution in [-0.2, 0) is 27.9 Å². The summed E-state index contributed by atoms with van der Waals surface area (Å²) in [4.78, 5) is 22.1. The van der Waals surface area contributed by atoms with Gasteiger partial charge in [0, 0.05) is 13.0 Å². The SMILES string of the molecule is CCCCCCCCCCCCCCC=CO[C@H](COC(=O)CCCCCCCCCCCCC)COP(=O)(O)OCCN. The summed E-state index contributed by atoms with van der Waals surface area (Å²) in [5.74, 6) is -0.290. The fourth-order valence-electron chi connectivity index (χ4n) is 5.04. The summed E-state index contributed by atoms with van der Waals surface area (Å²) >= 11 is 0. The first-order valence-corrected chi connectivity index (χ1v) is 19.7. The summed E-state index contributed by atoms with van der Waals surface area (Å²) in [5.41, 5.74) is 5.34. The lowest BCUT2D eigenvalue weighted by Crippen LogP contribution is -2.25. The molecule has 0 heterocycles. The monoisotopic (exact) mass is 647 g/mol. The molecule has 3 N–H and O–H groups in total. The number of allylic oxidation sites excluding steroid dienone is 1. The van der Waals surface area contributed by atoms with Crippen molar-refractivity contribution in [1.82, 2.24) is 0 Å². The van der Waals surface area contributed by atoms with Crippen molar-refractivity contribution in [3.8, 4) is 0 Å². The van der Waals surface area contributed by atoms with Crippen LogP contribution in [0.25, 0.3) is 0 Å². The summed E-state index contributed by atoms with van der Waals surface area (Å²) < 4.78 is 33.0. The Balaban J connectivity index is 4.15. The van der Waals surface area contributed by atoms with Gasteiger partial charge in [-0.15, -0.1) is 0 Å². The smallest absolute Gasteiger partial charge is 0.472 e. The Hall–Kier alpha value is -0.920. The van der Waals surface area contributed by atoms with E-state index in [1.54, 1.807) is 6.26 Å². The van der Waals surface area contributed by atoms with Crippen LogP contribution < -0.4 is 5.73 Å². The van der Waals surface area contributed by atoms with E-state index in [2.05, 4.69) is 13.8 Å². The Bertz CT molecular complexity index is 692. The van der Waals surface area contributed by atoms with Gasteiger partial charge >= 0.3 is 13.8 Å². The Kier molecular flexibility index (Phi) is 32.7. The molecule has 0 aromatic heterocycles. The number of hydrogen-bond acceptors (Lipinski definition) is 7. The number of hydrogen-bond donors (Lipinski definition) is 2. The van der Waals surface area contributed by atoms with Crippen molar-refractivity contribution in [2.24, 2.45) is 5.73 Å². The third kappa shape index (κ3) is 32.5. The van der Waals surface area contributed by atoms with Crippen molar-refractivity contribution in [2.45, 2.75) is 180 Å². The van der Waals surface area contributed by atoms with E-state index in [9.17, 15) is 14.3 Å². The van der Waals surface area contributed by atoms with E-state index in [4.69, 9.17) is 24.3 Å². The second-order valence-electron chi connectivity index (χ2n) is 12.2. The van der Waals surface area contributed by atoms with Gasteiger partial charge in [0.1, 0.15) is 6.61 Å². The summed E-state index contributed by atoms with van der Waals surface area (Å²) in [5, 5.41) is 0. The highest BCUT2D eigenvalue weighted by atomic mass is 31.2. The molecule has 2 atom stereocenters. The Morgan fingerprint density at radius 3 is 1.61 bits per heavy atom. The first-order valence-electron chi connectivity index (χ1n) is 18.2. The van der Waals surface area contributed by atoms with Gasteiger partial charge in [-0.05, 0) is 25.3 Å². The van der Waals surface area contributed by atoms with Crippen LogP contribution in [0.5, 0.6) is 0 Å². The lowest BCUT2D eigenvalue weighted by molar-refractivity contribution is -0.147. The van der Waals surface area contributed by atoms with Gasteiger partial charge in [0.15, 0.2) is 6.10 Å². The van der Waals surface area contributed by atoms with Gasteiger partial charge in [-0.1, -0.05) is 149 Å². The van der Waals surface area contributed by atoms with Gasteiger partial charge in [-0.25, -0.2) is 4.57 Å². The van der Waals surface area contributed by atoms with E-state index in [1.807, 2.05) is 6.08 Å². The van der Waals surface area contributed by atoms with Gasteiger partial charge < -0.3 is 20.1 Å². The van der Waals surface area contributed by atoms with Gasteiger partial charge in [0.2, 0.25) is 0 Å². The third-order valence-electron chi connectivity index (χ3n) is 7.80. The second kappa shape index (κ2) is 33.4. The molecule has 0 bridgehead atoms. The first-order chi connectivity index (χ1) is 21.4. The summed E-state index contributed by atoms with van der Waals surface area (Å²) in [7, 11) is -4.25. The Morgan fingerprint density at radius 2 is 1.14 bits per heavy atom. The maximum Gasteiger partial charge on any atom is 0.472 e. The number of nitrogens with two attached hydrogens (primary N) is 1.